The minimum Gasteiger partial charge on any atom is -0.497 e. The van der Waals surface area contributed by atoms with Crippen molar-refractivity contribution in [3.05, 3.63) is 24.3 Å². The minimum absolute atomic E-state index is 0. The SMILES string of the molecule is CCCCNC(=NC)N1CCN(c2ccc(OC)cc2)CC1.I. The Hall–Kier alpha value is -1.18. The minimum atomic E-state index is 0. The first-order chi connectivity index (χ1) is 10.8. The van der Waals surface area contributed by atoms with Crippen molar-refractivity contribution < 1.29 is 4.74 Å². The number of guanidine groups is 1. The van der Waals surface area contributed by atoms with Crippen molar-refractivity contribution in [2.45, 2.75) is 19.8 Å². The predicted octanol–water partition coefficient (Wildman–Crippen LogP) is 2.81. The van der Waals surface area contributed by atoms with Crippen LogP contribution in [0.25, 0.3) is 0 Å². The van der Waals surface area contributed by atoms with Gasteiger partial charge in [0.2, 0.25) is 0 Å². The highest BCUT2D eigenvalue weighted by atomic mass is 127. The number of anilines is 1. The van der Waals surface area contributed by atoms with Gasteiger partial charge in [-0.15, -0.1) is 24.0 Å². The second-order valence-electron chi connectivity index (χ2n) is 5.50. The smallest absolute Gasteiger partial charge is 0.193 e. The zero-order valence-electron chi connectivity index (χ0n) is 14.4. The molecular weight excluding hydrogens is 403 g/mol. The summed E-state index contributed by atoms with van der Waals surface area (Å²) in [5.41, 5.74) is 1.26. The molecule has 1 N–H and O–H groups in total. The first kappa shape index (κ1) is 19.9. The van der Waals surface area contributed by atoms with Crippen molar-refractivity contribution in [3.63, 3.8) is 0 Å². The largest absolute Gasteiger partial charge is 0.497 e. The number of nitrogens with zero attached hydrogens (tertiary/aromatic N) is 3. The first-order valence-electron chi connectivity index (χ1n) is 8.13. The molecule has 0 radical (unpaired) electrons. The van der Waals surface area contributed by atoms with Gasteiger partial charge in [0.15, 0.2) is 5.96 Å². The summed E-state index contributed by atoms with van der Waals surface area (Å²) in [4.78, 5) is 9.16. The average Bonchev–Trinajstić information content (AvgIpc) is 2.59. The van der Waals surface area contributed by atoms with Crippen LogP contribution in [0.15, 0.2) is 29.3 Å². The van der Waals surface area contributed by atoms with Crippen molar-refractivity contribution in [2.75, 3.05) is 51.8 Å². The van der Waals surface area contributed by atoms with Gasteiger partial charge in [0.1, 0.15) is 5.75 Å². The van der Waals surface area contributed by atoms with Crippen LogP contribution in [0.2, 0.25) is 0 Å². The van der Waals surface area contributed by atoms with E-state index in [4.69, 9.17) is 4.74 Å². The molecule has 1 aromatic rings. The number of ether oxygens (including phenoxy) is 1. The monoisotopic (exact) mass is 432 g/mol. The van der Waals surface area contributed by atoms with Crippen LogP contribution in [-0.2, 0) is 0 Å². The van der Waals surface area contributed by atoms with Crippen LogP contribution in [0.1, 0.15) is 19.8 Å². The first-order valence-corrected chi connectivity index (χ1v) is 8.13. The predicted molar refractivity (Wildman–Crippen MR) is 108 cm³/mol. The Kier molecular flexibility index (Phi) is 9.13. The Morgan fingerprint density at radius 3 is 2.35 bits per heavy atom. The maximum atomic E-state index is 5.22. The molecule has 1 aromatic carbocycles. The summed E-state index contributed by atoms with van der Waals surface area (Å²) in [6, 6.07) is 8.30. The van der Waals surface area contributed by atoms with E-state index < -0.39 is 0 Å². The van der Waals surface area contributed by atoms with Crippen molar-refractivity contribution >= 4 is 35.6 Å². The lowest BCUT2D eigenvalue weighted by Gasteiger charge is -2.37. The normalized spacial score (nSPS) is 15.2. The Morgan fingerprint density at radius 1 is 1.17 bits per heavy atom. The zero-order chi connectivity index (χ0) is 15.8. The molecule has 1 heterocycles. The van der Waals surface area contributed by atoms with Gasteiger partial charge in [-0.2, -0.15) is 0 Å². The van der Waals surface area contributed by atoms with E-state index in [0.29, 0.717) is 0 Å². The van der Waals surface area contributed by atoms with Gasteiger partial charge in [-0.25, -0.2) is 0 Å². The number of methoxy groups -OCH3 is 1. The van der Waals surface area contributed by atoms with Crippen LogP contribution in [0, 0.1) is 0 Å². The quantitative estimate of drug-likeness (QED) is 0.336. The van der Waals surface area contributed by atoms with Crippen LogP contribution < -0.4 is 15.0 Å². The fraction of sp³-hybridized carbons (Fsp3) is 0.588. The summed E-state index contributed by atoms with van der Waals surface area (Å²) in [7, 11) is 3.56. The van der Waals surface area contributed by atoms with Gasteiger partial charge in [-0.3, -0.25) is 4.99 Å². The van der Waals surface area contributed by atoms with Crippen LogP contribution in [0.5, 0.6) is 5.75 Å². The molecule has 6 heteroatoms. The zero-order valence-corrected chi connectivity index (χ0v) is 16.7. The van der Waals surface area contributed by atoms with Gasteiger partial charge in [0.25, 0.3) is 0 Å². The lowest BCUT2D eigenvalue weighted by Crippen LogP contribution is -2.52. The molecule has 1 aliphatic heterocycles. The Morgan fingerprint density at radius 2 is 1.83 bits per heavy atom. The molecule has 0 bridgehead atoms. The van der Waals surface area contributed by atoms with Crippen molar-refractivity contribution in [1.29, 1.82) is 0 Å². The molecule has 0 amide bonds. The van der Waals surface area contributed by atoms with Gasteiger partial charge in [-0.1, -0.05) is 13.3 Å². The number of nitrogens with one attached hydrogen (secondary N) is 1. The molecular formula is C17H29IN4O. The standard InChI is InChI=1S/C17H28N4O.HI/c1-4-5-10-19-17(18-2)21-13-11-20(12-14-21)15-6-8-16(22-3)9-7-15;/h6-9H,4-5,10-14H2,1-3H3,(H,18,19);1H. The maximum absolute atomic E-state index is 5.22. The van der Waals surface area contributed by atoms with Gasteiger partial charge in [0.05, 0.1) is 7.11 Å². The van der Waals surface area contributed by atoms with Crippen LogP contribution >= 0.6 is 24.0 Å². The number of halogens is 1. The summed E-state index contributed by atoms with van der Waals surface area (Å²) in [6.07, 6.45) is 2.39. The van der Waals surface area contributed by atoms with Crippen LogP contribution in [0.4, 0.5) is 5.69 Å². The summed E-state index contributed by atoms with van der Waals surface area (Å²) in [5, 5.41) is 3.45. The topological polar surface area (TPSA) is 40.1 Å². The third kappa shape index (κ3) is 5.75. The van der Waals surface area contributed by atoms with E-state index in [-0.39, 0.29) is 24.0 Å². The summed E-state index contributed by atoms with van der Waals surface area (Å²) in [6.45, 7) is 7.23. The molecule has 5 nitrogen and oxygen atoms in total. The molecule has 0 atom stereocenters. The highest BCUT2D eigenvalue weighted by Gasteiger charge is 2.19. The van der Waals surface area contributed by atoms with E-state index in [1.807, 2.05) is 19.2 Å². The number of rotatable bonds is 5. The molecule has 1 saturated heterocycles. The number of piperazine rings is 1. The number of hydrogen-bond donors (Lipinski definition) is 1. The van der Waals surface area contributed by atoms with E-state index in [1.165, 1.54) is 18.5 Å². The van der Waals surface area contributed by atoms with E-state index in [2.05, 4.69) is 39.2 Å². The molecule has 1 aliphatic rings. The average molecular weight is 432 g/mol. The highest BCUT2D eigenvalue weighted by Crippen LogP contribution is 2.20. The fourth-order valence-corrected chi connectivity index (χ4v) is 2.68. The number of benzene rings is 1. The van der Waals surface area contributed by atoms with Crippen LogP contribution in [0.3, 0.4) is 0 Å². The van der Waals surface area contributed by atoms with E-state index in [9.17, 15) is 0 Å². The van der Waals surface area contributed by atoms with E-state index in [1.54, 1.807) is 7.11 Å². The lowest BCUT2D eigenvalue weighted by molar-refractivity contribution is 0.372. The Balaban J connectivity index is 0.00000264. The summed E-state index contributed by atoms with van der Waals surface area (Å²) in [5.74, 6) is 1.94. The van der Waals surface area contributed by atoms with Gasteiger partial charge < -0.3 is 19.9 Å². The number of aliphatic imine (C=N–C) groups is 1. The second kappa shape index (κ2) is 10.6. The summed E-state index contributed by atoms with van der Waals surface area (Å²) < 4.78 is 5.22. The molecule has 0 aliphatic carbocycles. The molecule has 0 aromatic heterocycles. The third-order valence-electron chi connectivity index (χ3n) is 4.04. The number of unbranched alkanes of at least 4 members (excludes halogenated alkanes) is 1. The van der Waals surface area contributed by atoms with E-state index >= 15 is 0 Å². The van der Waals surface area contributed by atoms with Crippen LogP contribution in [-0.4, -0.2) is 57.7 Å². The molecule has 2 rings (SSSR count). The molecule has 0 saturated carbocycles. The van der Waals surface area contributed by atoms with Gasteiger partial charge in [-0.05, 0) is 30.7 Å². The lowest BCUT2D eigenvalue weighted by atomic mass is 10.2. The Bertz CT molecular complexity index is 470. The highest BCUT2D eigenvalue weighted by molar-refractivity contribution is 14.0. The summed E-state index contributed by atoms with van der Waals surface area (Å²) >= 11 is 0. The molecule has 1 fully saturated rings. The van der Waals surface area contributed by atoms with Crippen molar-refractivity contribution in [1.82, 2.24) is 10.2 Å². The van der Waals surface area contributed by atoms with Crippen molar-refractivity contribution in [3.8, 4) is 5.75 Å². The van der Waals surface area contributed by atoms with Gasteiger partial charge in [0, 0.05) is 45.5 Å². The second-order valence-corrected chi connectivity index (χ2v) is 5.50. The van der Waals surface area contributed by atoms with E-state index in [0.717, 1.165) is 44.4 Å². The molecule has 0 unspecified atom stereocenters. The third-order valence-corrected chi connectivity index (χ3v) is 4.04. The maximum Gasteiger partial charge on any atom is 0.193 e. The number of hydrogen-bond acceptors (Lipinski definition) is 3. The molecule has 0 spiro atoms. The molecule has 130 valence electrons. The van der Waals surface area contributed by atoms with Crippen molar-refractivity contribution in [2.24, 2.45) is 4.99 Å². The molecule has 23 heavy (non-hydrogen) atoms. The van der Waals surface area contributed by atoms with Gasteiger partial charge >= 0.3 is 0 Å². The fourth-order valence-electron chi connectivity index (χ4n) is 2.68. The Labute approximate surface area is 157 Å².